The van der Waals surface area contributed by atoms with Crippen LogP contribution in [-0.4, -0.2) is 33.9 Å². The molecule has 0 saturated carbocycles. The topological polar surface area (TPSA) is 42.3 Å². The van der Waals surface area contributed by atoms with Gasteiger partial charge in [-0.25, -0.2) is 0 Å². The molecule has 1 saturated heterocycles. The number of hydrogen-bond acceptors (Lipinski definition) is 3. The highest BCUT2D eigenvalue weighted by molar-refractivity contribution is 5.80. The summed E-state index contributed by atoms with van der Waals surface area (Å²) in [7, 11) is 0. The molecule has 1 aromatic heterocycles. The van der Waals surface area contributed by atoms with E-state index in [4.69, 9.17) is 0 Å². The molecule has 1 fully saturated rings. The highest BCUT2D eigenvalue weighted by atomic mass is 16.1. The van der Waals surface area contributed by atoms with Gasteiger partial charge in [0.25, 0.3) is 0 Å². The minimum absolute atomic E-state index is 0.102. The summed E-state index contributed by atoms with van der Waals surface area (Å²) in [4.78, 5) is 27.0. The van der Waals surface area contributed by atoms with Crippen LogP contribution in [0.1, 0.15) is 91.1 Å². The van der Waals surface area contributed by atoms with Crippen LogP contribution in [0, 0.1) is 5.92 Å². The van der Waals surface area contributed by atoms with E-state index in [1.54, 1.807) is 0 Å². The van der Waals surface area contributed by atoms with Crippen LogP contribution in [0.4, 0.5) is 0 Å². The average Bonchev–Trinajstić information content (AvgIpc) is 2.59. The van der Waals surface area contributed by atoms with Crippen LogP contribution in [0.25, 0.3) is 0 Å². The molecule has 0 spiro atoms. The lowest BCUT2D eigenvalue weighted by atomic mass is 9.86. The molecule has 1 aromatic rings. The van der Waals surface area contributed by atoms with Crippen LogP contribution in [0.3, 0.4) is 0 Å². The number of Topliss-reactive ketones (excluding diaryl/α,β-unsaturated/α-hetero) is 1. The Balaban J connectivity index is 2.38. The van der Waals surface area contributed by atoms with Gasteiger partial charge in [-0.15, -0.1) is 0 Å². The lowest BCUT2D eigenvalue weighted by molar-refractivity contribution is -0.124. The van der Waals surface area contributed by atoms with Crippen molar-refractivity contribution >= 4 is 5.78 Å². The van der Waals surface area contributed by atoms with Crippen molar-refractivity contribution < 1.29 is 4.79 Å². The van der Waals surface area contributed by atoms with Crippen molar-refractivity contribution in [2.45, 2.75) is 98.2 Å². The fourth-order valence-corrected chi connectivity index (χ4v) is 4.54. The van der Waals surface area contributed by atoms with Crippen molar-refractivity contribution in [1.82, 2.24) is 9.47 Å². The Hall–Kier alpha value is -1.42. The molecule has 2 heterocycles. The van der Waals surface area contributed by atoms with Crippen LogP contribution >= 0.6 is 0 Å². The van der Waals surface area contributed by atoms with Gasteiger partial charge in [-0.3, -0.25) is 14.5 Å². The van der Waals surface area contributed by atoms with Gasteiger partial charge in [0.05, 0.1) is 0 Å². The van der Waals surface area contributed by atoms with Gasteiger partial charge in [0, 0.05) is 61.0 Å². The number of carbonyl (C=O) groups is 1. The summed E-state index contributed by atoms with van der Waals surface area (Å²) in [5.41, 5.74) is 2.36. The Kier molecular flexibility index (Phi) is 7.44. The molecule has 0 radical (unpaired) electrons. The second-order valence-electron chi connectivity index (χ2n) is 8.95. The van der Waals surface area contributed by atoms with Gasteiger partial charge in [0.2, 0.25) is 0 Å². The maximum atomic E-state index is 12.4. The first-order chi connectivity index (χ1) is 12.6. The molecular weight excluding hydrogens is 336 g/mol. The van der Waals surface area contributed by atoms with Crippen LogP contribution in [-0.2, 0) is 11.2 Å². The largest absolute Gasteiger partial charge is 0.346 e. The van der Waals surface area contributed by atoms with E-state index in [0.29, 0.717) is 42.5 Å². The highest BCUT2D eigenvalue weighted by Crippen LogP contribution is 2.28. The van der Waals surface area contributed by atoms with Crippen molar-refractivity contribution in [3.63, 3.8) is 0 Å². The predicted octanol–water partition coefficient (Wildman–Crippen LogP) is 4.56. The molecule has 1 aliphatic rings. The molecule has 152 valence electrons. The fourth-order valence-electron chi connectivity index (χ4n) is 4.54. The zero-order valence-electron chi connectivity index (χ0n) is 18.3. The molecule has 0 aliphatic carbocycles. The first kappa shape index (κ1) is 21.9. The van der Waals surface area contributed by atoms with Crippen molar-refractivity contribution in [2.75, 3.05) is 6.54 Å². The molecular formula is C23H38N2O2. The third kappa shape index (κ3) is 5.10. The van der Waals surface area contributed by atoms with Gasteiger partial charge in [-0.1, -0.05) is 20.8 Å². The lowest BCUT2D eigenvalue weighted by Gasteiger charge is -2.41. The number of aromatic nitrogens is 1. The van der Waals surface area contributed by atoms with E-state index in [-0.39, 0.29) is 11.5 Å². The van der Waals surface area contributed by atoms with Crippen LogP contribution < -0.4 is 5.43 Å². The number of pyridine rings is 1. The number of carbonyl (C=O) groups excluding carboxylic acids is 1. The number of rotatable bonds is 7. The molecule has 4 heteroatoms. The minimum Gasteiger partial charge on any atom is -0.346 e. The van der Waals surface area contributed by atoms with Crippen LogP contribution in [0.5, 0.6) is 0 Å². The summed E-state index contributed by atoms with van der Waals surface area (Å²) in [5.74, 6) is 1.06. The molecule has 0 N–H and O–H groups in total. The summed E-state index contributed by atoms with van der Waals surface area (Å²) in [6, 6.07) is 4.63. The van der Waals surface area contributed by atoms with Gasteiger partial charge in [-0.05, 0) is 52.4 Å². The number of hydrogen-bond donors (Lipinski definition) is 0. The Labute approximate surface area is 165 Å². The molecule has 3 unspecified atom stereocenters. The van der Waals surface area contributed by atoms with Crippen LogP contribution in [0.2, 0.25) is 0 Å². The fraction of sp³-hybridized carbons (Fsp3) is 0.739. The highest BCUT2D eigenvalue weighted by Gasteiger charge is 2.33. The van der Waals surface area contributed by atoms with Gasteiger partial charge in [0.15, 0.2) is 5.43 Å². The second-order valence-corrected chi connectivity index (χ2v) is 8.95. The average molecular weight is 375 g/mol. The van der Waals surface area contributed by atoms with Gasteiger partial charge < -0.3 is 4.57 Å². The van der Waals surface area contributed by atoms with E-state index in [1.807, 2.05) is 12.1 Å². The number of ketones is 1. The van der Waals surface area contributed by atoms with Crippen molar-refractivity contribution in [3.05, 3.63) is 33.7 Å². The second kappa shape index (κ2) is 9.18. The van der Waals surface area contributed by atoms with Crippen molar-refractivity contribution in [1.29, 1.82) is 0 Å². The minimum atomic E-state index is 0.102. The standard InChI is InChI=1S/C23H38N2O2/c1-8-17(6)23-14-21(27)12-19(25(23)16(4)5)11-18(7)22-13-20(26)9-10-24(22)15(2)3/h12,14-18,22H,8-11,13H2,1-7H3. The number of nitrogens with zero attached hydrogens (tertiary/aromatic N) is 2. The Bertz CT molecular complexity index is 705. The first-order valence-corrected chi connectivity index (χ1v) is 10.7. The zero-order valence-corrected chi connectivity index (χ0v) is 18.3. The first-order valence-electron chi connectivity index (χ1n) is 10.7. The normalized spacial score (nSPS) is 21.1. The molecule has 1 aliphatic heterocycles. The molecule has 3 atom stereocenters. The summed E-state index contributed by atoms with van der Waals surface area (Å²) < 4.78 is 2.36. The van der Waals surface area contributed by atoms with E-state index in [0.717, 1.165) is 30.8 Å². The zero-order chi connectivity index (χ0) is 20.3. The maximum absolute atomic E-state index is 12.4. The molecule has 0 amide bonds. The van der Waals surface area contributed by atoms with E-state index in [1.165, 1.54) is 0 Å². The van der Waals surface area contributed by atoms with Crippen molar-refractivity contribution in [2.24, 2.45) is 5.92 Å². The van der Waals surface area contributed by atoms with Crippen LogP contribution in [0.15, 0.2) is 16.9 Å². The Morgan fingerprint density at radius 1 is 1.04 bits per heavy atom. The third-order valence-electron chi connectivity index (χ3n) is 6.18. The van der Waals surface area contributed by atoms with E-state index >= 15 is 0 Å². The lowest BCUT2D eigenvalue weighted by Crippen LogP contribution is -2.50. The maximum Gasteiger partial charge on any atom is 0.182 e. The molecule has 2 rings (SSSR count). The van der Waals surface area contributed by atoms with E-state index in [2.05, 4.69) is 57.9 Å². The monoisotopic (exact) mass is 374 g/mol. The molecule has 4 nitrogen and oxygen atoms in total. The Morgan fingerprint density at radius 2 is 1.70 bits per heavy atom. The molecule has 27 heavy (non-hydrogen) atoms. The molecule has 0 aromatic carbocycles. The predicted molar refractivity (Wildman–Crippen MR) is 113 cm³/mol. The summed E-state index contributed by atoms with van der Waals surface area (Å²) in [6.45, 7) is 16.3. The van der Waals surface area contributed by atoms with Gasteiger partial charge in [0.1, 0.15) is 5.78 Å². The number of piperidine rings is 1. The van der Waals surface area contributed by atoms with Gasteiger partial charge >= 0.3 is 0 Å². The smallest absolute Gasteiger partial charge is 0.182 e. The van der Waals surface area contributed by atoms with E-state index < -0.39 is 0 Å². The Morgan fingerprint density at radius 3 is 2.26 bits per heavy atom. The summed E-state index contributed by atoms with van der Waals surface area (Å²) in [6.07, 6.45) is 3.15. The van der Waals surface area contributed by atoms with E-state index in [9.17, 15) is 9.59 Å². The van der Waals surface area contributed by atoms with Crippen molar-refractivity contribution in [3.8, 4) is 0 Å². The summed E-state index contributed by atoms with van der Waals surface area (Å²) in [5, 5.41) is 0. The number of likely N-dealkylation sites (tertiary alicyclic amines) is 1. The third-order valence-corrected chi connectivity index (χ3v) is 6.18. The van der Waals surface area contributed by atoms with Gasteiger partial charge in [-0.2, -0.15) is 0 Å². The summed E-state index contributed by atoms with van der Waals surface area (Å²) >= 11 is 0. The quantitative estimate of drug-likeness (QED) is 0.702. The SMILES string of the molecule is CCC(C)c1cc(=O)cc(CC(C)C2CC(=O)CCN2C(C)C)n1C(C)C. The molecule has 0 bridgehead atoms.